The molecule has 1 aliphatic heterocycles. The number of alkyl halides is 3. The molecule has 0 spiro atoms. The van der Waals surface area contributed by atoms with Gasteiger partial charge in [-0.2, -0.15) is 13.2 Å². The summed E-state index contributed by atoms with van der Waals surface area (Å²) in [6, 6.07) is 3.08. The maximum atomic E-state index is 13.1. The van der Waals surface area contributed by atoms with Gasteiger partial charge in [0.25, 0.3) is 0 Å². The third-order valence-corrected chi connectivity index (χ3v) is 5.25. The zero-order chi connectivity index (χ0) is 19.0. The van der Waals surface area contributed by atoms with E-state index in [0.29, 0.717) is 13.1 Å². The summed E-state index contributed by atoms with van der Waals surface area (Å²) in [4.78, 5) is 17.1. The quantitative estimate of drug-likeness (QED) is 0.823. The Morgan fingerprint density at radius 2 is 1.85 bits per heavy atom. The van der Waals surface area contributed by atoms with E-state index in [1.807, 2.05) is 6.92 Å². The predicted molar refractivity (Wildman–Crippen MR) is 95.5 cm³/mol. The lowest BCUT2D eigenvalue weighted by molar-refractivity contribution is -0.142. The molecule has 4 rings (SSSR count). The fourth-order valence-electron chi connectivity index (χ4n) is 3.97. The van der Waals surface area contributed by atoms with Crippen LogP contribution in [0.15, 0.2) is 18.3 Å². The Bertz CT molecular complexity index is 829. The van der Waals surface area contributed by atoms with Crippen LogP contribution in [0.3, 0.4) is 0 Å². The maximum absolute atomic E-state index is 13.1. The van der Waals surface area contributed by atoms with Crippen molar-refractivity contribution in [3.05, 3.63) is 46.7 Å². The van der Waals surface area contributed by atoms with Crippen molar-refractivity contribution in [2.24, 2.45) is 0 Å². The minimum absolute atomic E-state index is 0.234. The van der Waals surface area contributed by atoms with E-state index in [0.717, 1.165) is 49.7 Å². The molecule has 2 aromatic heterocycles. The van der Waals surface area contributed by atoms with Gasteiger partial charge in [-0.25, -0.2) is 9.97 Å². The number of rotatable bonds is 3. The summed E-state index contributed by atoms with van der Waals surface area (Å²) in [5.41, 5.74) is 1.86. The van der Waals surface area contributed by atoms with Crippen molar-refractivity contribution in [3.63, 3.8) is 0 Å². The predicted octanol–water partition coefficient (Wildman–Crippen LogP) is 3.01. The van der Waals surface area contributed by atoms with Gasteiger partial charge in [-0.05, 0) is 37.8 Å². The van der Waals surface area contributed by atoms with Crippen LogP contribution in [0.2, 0.25) is 0 Å². The molecule has 1 aliphatic carbocycles. The zero-order valence-corrected chi connectivity index (χ0v) is 15.3. The number of hydrogen-bond donors (Lipinski definition) is 0. The Morgan fingerprint density at radius 1 is 1.07 bits per heavy atom. The first-order chi connectivity index (χ1) is 12.9. The average Bonchev–Trinajstić information content (AvgIpc) is 3.09. The highest BCUT2D eigenvalue weighted by Crippen LogP contribution is 2.32. The molecule has 0 saturated carbocycles. The number of pyridine rings is 1. The van der Waals surface area contributed by atoms with Gasteiger partial charge in [-0.1, -0.05) is 6.07 Å². The van der Waals surface area contributed by atoms with Crippen LogP contribution in [-0.4, -0.2) is 46.0 Å². The Morgan fingerprint density at radius 3 is 2.59 bits per heavy atom. The number of halogens is 3. The zero-order valence-electron chi connectivity index (χ0n) is 15.3. The molecule has 8 heteroatoms. The van der Waals surface area contributed by atoms with Crippen molar-refractivity contribution in [1.29, 1.82) is 0 Å². The first kappa shape index (κ1) is 18.2. The monoisotopic (exact) mass is 377 g/mol. The second-order valence-corrected chi connectivity index (χ2v) is 7.15. The molecule has 0 unspecified atom stereocenters. The Labute approximate surface area is 156 Å². The van der Waals surface area contributed by atoms with Gasteiger partial charge in [0.15, 0.2) is 0 Å². The Kier molecular flexibility index (Phi) is 4.75. The molecular weight excluding hydrogens is 355 g/mol. The van der Waals surface area contributed by atoms with Gasteiger partial charge in [-0.15, -0.1) is 0 Å². The topological polar surface area (TPSA) is 45.2 Å². The summed E-state index contributed by atoms with van der Waals surface area (Å²) >= 11 is 0. The van der Waals surface area contributed by atoms with Gasteiger partial charge in [0.05, 0.1) is 0 Å². The summed E-state index contributed by atoms with van der Waals surface area (Å²) in [7, 11) is 0. The highest BCUT2D eigenvalue weighted by molar-refractivity contribution is 5.51. The molecule has 0 aromatic carbocycles. The van der Waals surface area contributed by atoms with E-state index in [2.05, 4.69) is 24.8 Å². The molecule has 2 aromatic rings. The van der Waals surface area contributed by atoms with Crippen molar-refractivity contribution in [1.82, 2.24) is 19.9 Å². The van der Waals surface area contributed by atoms with Gasteiger partial charge in [0.1, 0.15) is 17.3 Å². The summed E-state index contributed by atoms with van der Waals surface area (Å²) in [5.74, 6) is 1.81. The largest absolute Gasteiger partial charge is 0.433 e. The molecular formula is C19H22F3N5. The van der Waals surface area contributed by atoms with E-state index in [1.165, 1.54) is 17.8 Å². The van der Waals surface area contributed by atoms with Gasteiger partial charge in [-0.3, -0.25) is 9.88 Å². The molecule has 144 valence electrons. The van der Waals surface area contributed by atoms with E-state index in [-0.39, 0.29) is 12.1 Å². The first-order valence-electron chi connectivity index (χ1n) is 9.26. The highest BCUT2D eigenvalue weighted by Gasteiger charge is 2.35. The first-order valence-corrected chi connectivity index (χ1v) is 9.26. The molecule has 0 amide bonds. The van der Waals surface area contributed by atoms with Crippen LogP contribution in [-0.2, 0) is 25.6 Å². The molecule has 1 saturated heterocycles. The molecule has 0 N–H and O–H groups in total. The lowest BCUT2D eigenvalue weighted by atomic mass is 10.1. The van der Waals surface area contributed by atoms with Crippen LogP contribution in [0.4, 0.5) is 19.0 Å². The fraction of sp³-hybridized carbons (Fsp3) is 0.526. The molecule has 0 atom stereocenters. The highest BCUT2D eigenvalue weighted by atomic mass is 19.4. The number of aryl methyl sites for hydroxylation is 2. The number of fused-ring (bicyclic) bond motifs is 1. The van der Waals surface area contributed by atoms with Crippen molar-refractivity contribution in [3.8, 4) is 0 Å². The van der Waals surface area contributed by atoms with Crippen LogP contribution in [0.5, 0.6) is 0 Å². The number of hydrogen-bond acceptors (Lipinski definition) is 5. The van der Waals surface area contributed by atoms with E-state index in [9.17, 15) is 13.2 Å². The minimum Gasteiger partial charge on any atom is -0.354 e. The standard InChI is InChI=1S/C19H22F3N5/c1-13-24-16-6-2-5-15(16)18(25-13)27-10-8-26(9-11-27)12-14-4-3-7-23-17(14)19(20,21)22/h3-4,7H,2,5-6,8-12H2,1H3. The average molecular weight is 377 g/mol. The molecule has 5 nitrogen and oxygen atoms in total. The third kappa shape index (κ3) is 3.76. The third-order valence-electron chi connectivity index (χ3n) is 5.25. The lowest BCUT2D eigenvalue weighted by Gasteiger charge is -2.36. The normalized spacial score (nSPS) is 18.0. The van der Waals surface area contributed by atoms with E-state index in [4.69, 9.17) is 0 Å². The number of aromatic nitrogens is 3. The lowest BCUT2D eigenvalue weighted by Crippen LogP contribution is -2.46. The van der Waals surface area contributed by atoms with Crippen molar-refractivity contribution in [2.75, 3.05) is 31.1 Å². The van der Waals surface area contributed by atoms with Crippen LogP contribution >= 0.6 is 0 Å². The smallest absolute Gasteiger partial charge is 0.354 e. The van der Waals surface area contributed by atoms with Gasteiger partial charge >= 0.3 is 6.18 Å². The molecule has 1 fully saturated rings. The van der Waals surface area contributed by atoms with Crippen molar-refractivity contribution < 1.29 is 13.2 Å². The number of piperazine rings is 1. The van der Waals surface area contributed by atoms with Crippen molar-refractivity contribution >= 4 is 5.82 Å². The van der Waals surface area contributed by atoms with Crippen LogP contribution in [0, 0.1) is 6.92 Å². The van der Waals surface area contributed by atoms with Crippen LogP contribution in [0.25, 0.3) is 0 Å². The molecule has 27 heavy (non-hydrogen) atoms. The second-order valence-electron chi connectivity index (χ2n) is 7.15. The van der Waals surface area contributed by atoms with Crippen molar-refractivity contribution in [2.45, 2.75) is 38.9 Å². The maximum Gasteiger partial charge on any atom is 0.433 e. The van der Waals surface area contributed by atoms with Crippen LogP contribution < -0.4 is 4.90 Å². The second kappa shape index (κ2) is 7.07. The minimum atomic E-state index is -4.42. The fourth-order valence-corrected chi connectivity index (χ4v) is 3.97. The van der Waals surface area contributed by atoms with Gasteiger partial charge < -0.3 is 4.90 Å². The summed E-state index contributed by atoms with van der Waals surface area (Å²) < 4.78 is 39.4. The molecule has 0 radical (unpaired) electrons. The van der Waals surface area contributed by atoms with E-state index in [1.54, 1.807) is 6.07 Å². The summed E-state index contributed by atoms with van der Waals surface area (Å²) in [6.07, 6.45) is -0.0932. The number of nitrogens with zero attached hydrogens (tertiary/aromatic N) is 5. The number of anilines is 1. The van der Waals surface area contributed by atoms with Gasteiger partial charge in [0.2, 0.25) is 0 Å². The molecule has 0 bridgehead atoms. The Balaban J connectivity index is 1.45. The SMILES string of the molecule is Cc1nc2c(c(N3CCN(Cc4cccnc4C(F)(F)F)CC3)n1)CCC2. The van der Waals surface area contributed by atoms with Gasteiger partial charge in [0, 0.05) is 50.2 Å². The Hall–Kier alpha value is -2.22. The van der Waals surface area contributed by atoms with E-state index < -0.39 is 11.9 Å². The van der Waals surface area contributed by atoms with Crippen LogP contribution in [0.1, 0.15) is 34.8 Å². The molecule has 3 heterocycles. The molecule has 2 aliphatic rings. The summed E-state index contributed by atoms with van der Waals surface area (Å²) in [6.45, 7) is 5.08. The van der Waals surface area contributed by atoms with E-state index >= 15 is 0 Å². The summed E-state index contributed by atoms with van der Waals surface area (Å²) in [5, 5.41) is 0.